The van der Waals surface area contributed by atoms with Gasteiger partial charge in [0, 0.05) is 30.9 Å². The van der Waals surface area contributed by atoms with E-state index in [9.17, 15) is 14.4 Å². The number of carbonyl (C=O) groups excluding carboxylic acids is 3. The van der Waals surface area contributed by atoms with Crippen LogP contribution in [0.1, 0.15) is 49.9 Å². The second-order valence-electron chi connectivity index (χ2n) is 9.41. The van der Waals surface area contributed by atoms with Crippen molar-refractivity contribution in [2.24, 2.45) is 0 Å². The SMILES string of the molecule is CCCCOc1ccc(C(=O)N2CCC3(CC2)C(=O)N(CC(=O)NCC)CN3c2ccccc2)cc1. The van der Waals surface area contributed by atoms with Crippen molar-refractivity contribution in [3.63, 3.8) is 0 Å². The van der Waals surface area contributed by atoms with Crippen molar-refractivity contribution in [2.45, 2.75) is 45.1 Å². The molecule has 2 aliphatic rings. The number of likely N-dealkylation sites (N-methyl/N-ethyl adjacent to an activating group) is 1. The molecule has 0 atom stereocenters. The molecule has 0 radical (unpaired) electrons. The molecule has 8 heteroatoms. The van der Waals surface area contributed by atoms with Crippen LogP contribution in [0.5, 0.6) is 5.75 Å². The number of para-hydroxylation sites is 1. The number of likely N-dealkylation sites (tertiary alicyclic amines) is 1. The van der Waals surface area contributed by atoms with Crippen LogP contribution in [0.25, 0.3) is 0 Å². The molecule has 0 unspecified atom stereocenters. The van der Waals surface area contributed by atoms with Crippen molar-refractivity contribution in [1.82, 2.24) is 15.1 Å². The van der Waals surface area contributed by atoms with Crippen molar-refractivity contribution >= 4 is 23.4 Å². The minimum absolute atomic E-state index is 0.0348. The second kappa shape index (κ2) is 11.5. The molecule has 2 fully saturated rings. The van der Waals surface area contributed by atoms with Crippen LogP contribution in [0, 0.1) is 0 Å². The Kier molecular flexibility index (Phi) is 8.13. The molecule has 0 aromatic heterocycles. The zero-order valence-electron chi connectivity index (χ0n) is 21.2. The van der Waals surface area contributed by atoms with Crippen LogP contribution in [0.2, 0.25) is 0 Å². The predicted molar refractivity (Wildman–Crippen MR) is 139 cm³/mol. The topological polar surface area (TPSA) is 82.2 Å². The van der Waals surface area contributed by atoms with E-state index in [0.29, 0.717) is 51.3 Å². The van der Waals surface area contributed by atoms with E-state index in [2.05, 4.69) is 17.1 Å². The van der Waals surface area contributed by atoms with E-state index in [1.54, 1.807) is 17.0 Å². The summed E-state index contributed by atoms with van der Waals surface area (Å²) in [4.78, 5) is 44.7. The van der Waals surface area contributed by atoms with Gasteiger partial charge in [-0.25, -0.2) is 0 Å². The molecule has 0 aliphatic carbocycles. The third-order valence-corrected chi connectivity index (χ3v) is 7.04. The predicted octanol–water partition coefficient (Wildman–Crippen LogP) is 3.28. The molecule has 4 rings (SSSR count). The number of anilines is 1. The lowest BCUT2D eigenvalue weighted by Crippen LogP contribution is -2.57. The van der Waals surface area contributed by atoms with Crippen molar-refractivity contribution in [3.8, 4) is 5.75 Å². The summed E-state index contributed by atoms with van der Waals surface area (Å²) in [5, 5.41) is 2.78. The Bertz CT molecular complexity index is 1050. The van der Waals surface area contributed by atoms with Gasteiger partial charge < -0.3 is 24.8 Å². The zero-order valence-corrected chi connectivity index (χ0v) is 21.2. The summed E-state index contributed by atoms with van der Waals surface area (Å²) in [5.74, 6) is 0.518. The number of ether oxygens (including phenoxy) is 1. The van der Waals surface area contributed by atoms with Crippen LogP contribution < -0.4 is 15.0 Å². The summed E-state index contributed by atoms with van der Waals surface area (Å²) < 4.78 is 5.71. The highest BCUT2D eigenvalue weighted by molar-refractivity contribution is 5.97. The first-order chi connectivity index (χ1) is 17.5. The number of amides is 3. The minimum atomic E-state index is -0.762. The van der Waals surface area contributed by atoms with Crippen LogP contribution in [0.3, 0.4) is 0 Å². The van der Waals surface area contributed by atoms with Crippen molar-refractivity contribution < 1.29 is 19.1 Å². The lowest BCUT2D eigenvalue weighted by Gasteiger charge is -2.43. The van der Waals surface area contributed by atoms with Crippen molar-refractivity contribution in [3.05, 3.63) is 60.2 Å². The third kappa shape index (κ3) is 5.32. The summed E-state index contributed by atoms with van der Waals surface area (Å²) >= 11 is 0. The van der Waals surface area contributed by atoms with Crippen LogP contribution in [-0.2, 0) is 9.59 Å². The number of benzene rings is 2. The number of hydrogen-bond acceptors (Lipinski definition) is 5. The highest BCUT2D eigenvalue weighted by Gasteiger charge is 2.54. The molecule has 1 spiro atoms. The van der Waals surface area contributed by atoms with E-state index in [1.165, 1.54) is 0 Å². The standard InChI is InChI=1S/C28H36N4O4/c1-3-5-19-36-24-13-11-22(12-14-24)26(34)30-17-15-28(16-18-30)27(35)31(20-25(33)29-4-2)21-32(28)23-9-7-6-8-10-23/h6-14H,3-5,15-21H2,1-2H3,(H,29,33). The highest BCUT2D eigenvalue weighted by atomic mass is 16.5. The molecule has 192 valence electrons. The molecule has 0 bridgehead atoms. The lowest BCUT2D eigenvalue weighted by molar-refractivity contribution is -0.137. The molecule has 2 aromatic rings. The first kappa shape index (κ1) is 25.5. The average Bonchev–Trinajstić information content (AvgIpc) is 3.16. The van der Waals surface area contributed by atoms with E-state index in [4.69, 9.17) is 4.74 Å². The van der Waals surface area contributed by atoms with E-state index in [0.717, 1.165) is 24.3 Å². The summed E-state index contributed by atoms with van der Waals surface area (Å²) in [6.07, 6.45) is 3.09. The summed E-state index contributed by atoms with van der Waals surface area (Å²) in [5.41, 5.74) is 0.800. The monoisotopic (exact) mass is 492 g/mol. The maximum Gasteiger partial charge on any atom is 0.253 e. The molecular formula is C28H36N4O4. The Morgan fingerprint density at radius 3 is 2.33 bits per heavy atom. The average molecular weight is 493 g/mol. The van der Waals surface area contributed by atoms with Gasteiger partial charge in [0.05, 0.1) is 13.3 Å². The zero-order chi connectivity index (χ0) is 25.5. The Morgan fingerprint density at radius 1 is 1.00 bits per heavy atom. The molecule has 2 heterocycles. The number of piperidine rings is 1. The largest absolute Gasteiger partial charge is 0.494 e. The van der Waals surface area contributed by atoms with E-state index < -0.39 is 5.54 Å². The molecular weight excluding hydrogens is 456 g/mol. The number of nitrogens with one attached hydrogen (secondary N) is 1. The van der Waals surface area contributed by atoms with Crippen LogP contribution in [0.15, 0.2) is 54.6 Å². The fraction of sp³-hybridized carbons (Fsp3) is 0.464. The molecule has 0 saturated carbocycles. The van der Waals surface area contributed by atoms with Crippen LogP contribution >= 0.6 is 0 Å². The third-order valence-electron chi connectivity index (χ3n) is 7.04. The van der Waals surface area contributed by atoms with E-state index in [-0.39, 0.29) is 24.3 Å². The molecule has 36 heavy (non-hydrogen) atoms. The Labute approximate surface area is 213 Å². The van der Waals surface area contributed by atoms with Gasteiger partial charge in [0.1, 0.15) is 17.8 Å². The number of hydrogen-bond donors (Lipinski definition) is 1. The van der Waals surface area contributed by atoms with Crippen molar-refractivity contribution in [2.75, 3.05) is 44.4 Å². The van der Waals surface area contributed by atoms with Gasteiger partial charge in [-0.3, -0.25) is 14.4 Å². The lowest BCUT2D eigenvalue weighted by atomic mass is 9.85. The van der Waals surface area contributed by atoms with Gasteiger partial charge in [0.15, 0.2) is 0 Å². The number of nitrogens with zero attached hydrogens (tertiary/aromatic N) is 3. The Hall–Kier alpha value is -3.55. The van der Waals surface area contributed by atoms with Gasteiger partial charge in [0.25, 0.3) is 11.8 Å². The molecule has 8 nitrogen and oxygen atoms in total. The van der Waals surface area contributed by atoms with E-state index in [1.807, 2.05) is 54.3 Å². The molecule has 2 aliphatic heterocycles. The van der Waals surface area contributed by atoms with Gasteiger partial charge in [0.2, 0.25) is 5.91 Å². The minimum Gasteiger partial charge on any atom is -0.494 e. The molecule has 1 N–H and O–H groups in total. The fourth-order valence-electron chi connectivity index (χ4n) is 5.04. The maximum atomic E-state index is 13.7. The normalized spacial score (nSPS) is 16.9. The number of unbranched alkanes of at least 4 members (excludes halogenated alkanes) is 1. The van der Waals surface area contributed by atoms with Gasteiger partial charge in [-0.1, -0.05) is 31.5 Å². The van der Waals surface area contributed by atoms with Gasteiger partial charge in [-0.15, -0.1) is 0 Å². The Morgan fingerprint density at radius 2 is 1.69 bits per heavy atom. The number of carbonyl (C=O) groups is 3. The first-order valence-electron chi connectivity index (χ1n) is 12.9. The van der Waals surface area contributed by atoms with Gasteiger partial charge in [-0.05, 0) is 62.6 Å². The summed E-state index contributed by atoms with van der Waals surface area (Å²) in [7, 11) is 0. The summed E-state index contributed by atoms with van der Waals surface area (Å²) in [6, 6.07) is 17.1. The first-order valence-corrected chi connectivity index (χ1v) is 12.9. The van der Waals surface area contributed by atoms with Gasteiger partial charge >= 0.3 is 0 Å². The number of rotatable bonds is 9. The molecule has 3 amide bonds. The van der Waals surface area contributed by atoms with Crippen molar-refractivity contribution in [1.29, 1.82) is 0 Å². The van der Waals surface area contributed by atoms with Crippen LogP contribution in [-0.4, -0.2) is 72.5 Å². The smallest absolute Gasteiger partial charge is 0.253 e. The Balaban J connectivity index is 1.46. The van der Waals surface area contributed by atoms with Gasteiger partial charge in [-0.2, -0.15) is 0 Å². The molecule has 2 aromatic carbocycles. The van der Waals surface area contributed by atoms with Crippen LogP contribution in [0.4, 0.5) is 5.69 Å². The maximum absolute atomic E-state index is 13.7. The highest BCUT2D eigenvalue weighted by Crippen LogP contribution is 2.39. The summed E-state index contributed by atoms with van der Waals surface area (Å²) in [6.45, 7) is 6.50. The quantitative estimate of drug-likeness (QED) is 0.544. The van der Waals surface area contributed by atoms with E-state index >= 15 is 0 Å². The second-order valence-corrected chi connectivity index (χ2v) is 9.41. The molecule has 2 saturated heterocycles. The fourth-order valence-corrected chi connectivity index (χ4v) is 5.04.